The highest BCUT2D eigenvalue weighted by Gasteiger charge is 2.30. The molecule has 0 aromatic rings. The van der Waals surface area contributed by atoms with Crippen LogP contribution in [0.5, 0.6) is 0 Å². The first-order chi connectivity index (χ1) is 6.74. The highest BCUT2D eigenvalue weighted by Crippen LogP contribution is 2.15. The summed E-state index contributed by atoms with van der Waals surface area (Å²) in [5.41, 5.74) is 0. The minimum Gasteiger partial charge on any atom is -0.328 e. The average Bonchev–Trinajstić information content (AvgIpc) is 2.22. The van der Waals surface area contributed by atoms with Gasteiger partial charge in [0.05, 0.1) is 12.1 Å². The van der Waals surface area contributed by atoms with E-state index in [4.69, 9.17) is 6.42 Å². The SMILES string of the molecule is C#CC(CC)N1CCCC(NC)C1=O. The first-order valence-electron chi connectivity index (χ1n) is 5.18. The van der Waals surface area contributed by atoms with Gasteiger partial charge in [-0.3, -0.25) is 4.79 Å². The molecule has 1 fully saturated rings. The van der Waals surface area contributed by atoms with Crippen molar-refractivity contribution in [2.24, 2.45) is 0 Å². The molecule has 3 heteroatoms. The van der Waals surface area contributed by atoms with Gasteiger partial charge in [-0.2, -0.15) is 0 Å². The molecule has 78 valence electrons. The lowest BCUT2D eigenvalue weighted by Crippen LogP contribution is -2.52. The number of piperidine rings is 1. The molecule has 2 unspecified atom stereocenters. The Labute approximate surface area is 85.9 Å². The van der Waals surface area contributed by atoms with Gasteiger partial charge in [-0.15, -0.1) is 6.42 Å². The van der Waals surface area contributed by atoms with Crippen LogP contribution >= 0.6 is 0 Å². The molecule has 0 aliphatic carbocycles. The largest absolute Gasteiger partial charge is 0.328 e. The molecule has 0 aromatic carbocycles. The molecule has 1 amide bonds. The summed E-state index contributed by atoms with van der Waals surface area (Å²) in [6.07, 6.45) is 8.19. The van der Waals surface area contributed by atoms with Crippen LogP contribution in [-0.4, -0.2) is 36.5 Å². The second-order valence-corrected chi connectivity index (χ2v) is 3.61. The van der Waals surface area contributed by atoms with Crippen molar-refractivity contribution in [2.45, 2.75) is 38.3 Å². The number of likely N-dealkylation sites (tertiary alicyclic amines) is 1. The molecule has 3 nitrogen and oxygen atoms in total. The molecule has 0 saturated carbocycles. The van der Waals surface area contributed by atoms with Gasteiger partial charge < -0.3 is 10.2 Å². The maximum atomic E-state index is 11.9. The number of terminal acetylenes is 1. The fraction of sp³-hybridized carbons (Fsp3) is 0.727. The molecular weight excluding hydrogens is 176 g/mol. The summed E-state index contributed by atoms with van der Waals surface area (Å²) in [6.45, 7) is 2.82. The summed E-state index contributed by atoms with van der Waals surface area (Å²) in [5.74, 6) is 2.83. The lowest BCUT2D eigenvalue weighted by molar-refractivity contribution is -0.137. The van der Waals surface area contributed by atoms with Gasteiger partial charge in [0.15, 0.2) is 0 Å². The number of amides is 1. The molecular formula is C11H18N2O. The van der Waals surface area contributed by atoms with Crippen LogP contribution in [0.3, 0.4) is 0 Å². The molecule has 1 rings (SSSR count). The number of rotatable bonds is 3. The smallest absolute Gasteiger partial charge is 0.240 e. The maximum Gasteiger partial charge on any atom is 0.240 e. The Kier molecular flexibility index (Phi) is 3.97. The third-order valence-corrected chi connectivity index (χ3v) is 2.78. The van der Waals surface area contributed by atoms with Gasteiger partial charge in [0.1, 0.15) is 0 Å². The summed E-state index contributed by atoms with van der Waals surface area (Å²) in [6, 6.07) is -0.0650. The summed E-state index contributed by atoms with van der Waals surface area (Å²) in [7, 11) is 1.82. The van der Waals surface area contributed by atoms with Gasteiger partial charge in [-0.25, -0.2) is 0 Å². The van der Waals surface area contributed by atoms with Crippen LogP contribution in [0, 0.1) is 12.3 Å². The molecule has 14 heavy (non-hydrogen) atoms. The monoisotopic (exact) mass is 194 g/mol. The molecule has 1 aliphatic heterocycles. The van der Waals surface area contributed by atoms with Crippen molar-refractivity contribution in [1.82, 2.24) is 10.2 Å². The molecule has 0 aromatic heterocycles. The highest BCUT2D eigenvalue weighted by atomic mass is 16.2. The fourth-order valence-electron chi connectivity index (χ4n) is 1.91. The number of likely N-dealkylation sites (N-methyl/N-ethyl adjacent to an activating group) is 1. The first-order valence-corrected chi connectivity index (χ1v) is 5.18. The summed E-state index contributed by atoms with van der Waals surface area (Å²) in [4.78, 5) is 13.7. The van der Waals surface area contributed by atoms with Crippen LogP contribution in [-0.2, 0) is 4.79 Å². The third-order valence-electron chi connectivity index (χ3n) is 2.78. The zero-order valence-electron chi connectivity index (χ0n) is 8.92. The van der Waals surface area contributed by atoms with Gasteiger partial charge >= 0.3 is 0 Å². The predicted molar refractivity (Wildman–Crippen MR) is 56.7 cm³/mol. The van der Waals surface area contributed by atoms with E-state index in [0.717, 1.165) is 25.8 Å². The van der Waals surface area contributed by atoms with Crippen molar-refractivity contribution in [2.75, 3.05) is 13.6 Å². The highest BCUT2D eigenvalue weighted by molar-refractivity contribution is 5.83. The van der Waals surface area contributed by atoms with E-state index >= 15 is 0 Å². The van der Waals surface area contributed by atoms with E-state index in [1.165, 1.54) is 0 Å². The molecule has 0 spiro atoms. The number of nitrogens with zero attached hydrogens (tertiary/aromatic N) is 1. The van der Waals surface area contributed by atoms with Gasteiger partial charge in [-0.05, 0) is 26.3 Å². The Morgan fingerprint density at radius 3 is 3.00 bits per heavy atom. The van der Waals surface area contributed by atoms with E-state index in [2.05, 4.69) is 11.2 Å². The number of nitrogens with one attached hydrogen (secondary N) is 1. The zero-order chi connectivity index (χ0) is 10.6. The van der Waals surface area contributed by atoms with Crippen LogP contribution in [0.2, 0.25) is 0 Å². The van der Waals surface area contributed by atoms with E-state index < -0.39 is 0 Å². The van der Waals surface area contributed by atoms with Crippen molar-refractivity contribution in [3.63, 3.8) is 0 Å². The Bertz CT molecular complexity index is 244. The van der Waals surface area contributed by atoms with Crippen molar-refractivity contribution in [3.05, 3.63) is 0 Å². The van der Waals surface area contributed by atoms with Crippen LogP contribution in [0.1, 0.15) is 26.2 Å². The lowest BCUT2D eigenvalue weighted by atomic mass is 10.0. The van der Waals surface area contributed by atoms with Crippen molar-refractivity contribution in [3.8, 4) is 12.3 Å². The Morgan fingerprint density at radius 1 is 1.79 bits per heavy atom. The number of carbonyl (C=O) groups is 1. The molecule has 0 bridgehead atoms. The minimum absolute atomic E-state index is 0.0290. The third kappa shape index (κ3) is 2.08. The average molecular weight is 194 g/mol. The van der Waals surface area contributed by atoms with E-state index in [-0.39, 0.29) is 18.0 Å². The zero-order valence-corrected chi connectivity index (χ0v) is 8.92. The number of hydrogen-bond acceptors (Lipinski definition) is 2. The maximum absolute atomic E-state index is 11.9. The second kappa shape index (κ2) is 5.02. The first kappa shape index (κ1) is 11.1. The Hall–Kier alpha value is -1.01. The molecule has 1 aliphatic rings. The summed E-state index contributed by atoms with van der Waals surface area (Å²) >= 11 is 0. The van der Waals surface area contributed by atoms with E-state index in [1.54, 1.807) is 0 Å². The molecule has 1 saturated heterocycles. The molecule has 1 heterocycles. The van der Waals surface area contributed by atoms with Gasteiger partial charge in [-0.1, -0.05) is 12.8 Å². The second-order valence-electron chi connectivity index (χ2n) is 3.61. The van der Waals surface area contributed by atoms with Crippen molar-refractivity contribution >= 4 is 5.91 Å². The number of hydrogen-bond donors (Lipinski definition) is 1. The summed E-state index contributed by atoms with van der Waals surface area (Å²) < 4.78 is 0. The Morgan fingerprint density at radius 2 is 2.50 bits per heavy atom. The normalized spacial score (nSPS) is 24.5. The van der Waals surface area contributed by atoms with Crippen LogP contribution in [0.4, 0.5) is 0 Å². The Balaban J connectivity index is 2.69. The van der Waals surface area contributed by atoms with Crippen LogP contribution in [0.15, 0.2) is 0 Å². The van der Waals surface area contributed by atoms with Crippen LogP contribution < -0.4 is 5.32 Å². The van der Waals surface area contributed by atoms with Crippen molar-refractivity contribution < 1.29 is 4.79 Å². The fourth-order valence-corrected chi connectivity index (χ4v) is 1.91. The predicted octanol–water partition coefficient (Wildman–Crippen LogP) is 0.609. The van der Waals surface area contributed by atoms with Gasteiger partial charge in [0.25, 0.3) is 0 Å². The topological polar surface area (TPSA) is 32.3 Å². The quantitative estimate of drug-likeness (QED) is 0.668. The standard InChI is InChI=1S/C11H18N2O/c1-4-9(5-2)13-8-6-7-10(12-3)11(13)14/h1,9-10,12H,5-8H2,2-3H3. The van der Waals surface area contributed by atoms with E-state index in [1.807, 2.05) is 18.9 Å². The van der Waals surface area contributed by atoms with Crippen molar-refractivity contribution in [1.29, 1.82) is 0 Å². The van der Waals surface area contributed by atoms with Gasteiger partial charge in [0.2, 0.25) is 5.91 Å². The van der Waals surface area contributed by atoms with E-state index in [0.29, 0.717) is 0 Å². The number of carbonyl (C=O) groups excluding carboxylic acids is 1. The molecule has 1 N–H and O–H groups in total. The lowest BCUT2D eigenvalue weighted by Gasteiger charge is -2.35. The molecule has 0 radical (unpaired) electrons. The van der Waals surface area contributed by atoms with E-state index in [9.17, 15) is 4.79 Å². The van der Waals surface area contributed by atoms with Crippen LogP contribution in [0.25, 0.3) is 0 Å². The van der Waals surface area contributed by atoms with Gasteiger partial charge in [0, 0.05) is 6.54 Å². The minimum atomic E-state index is -0.0360. The summed E-state index contributed by atoms with van der Waals surface area (Å²) in [5, 5.41) is 3.03. The molecule has 2 atom stereocenters.